The summed E-state index contributed by atoms with van der Waals surface area (Å²) < 4.78 is 10.2. The lowest BCUT2D eigenvalue weighted by Gasteiger charge is -2.62. The zero-order valence-electron chi connectivity index (χ0n) is 19.7. The second kappa shape index (κ2) is 9.23. The molecule has 3 aliphatic carbocycles. The van der Waals surface area contributed by atoms with Crippen molar-refractivity contribution in [1.82, 2.24) is 5.32 Å². The second-order valence-corrected chi connectivity index (χ2v) is 10.1. The molecule has 0 amide bonds. The number of fused-ring (bicyclic) bond motifs is 3. The van der Waals surface area contributed by atoms with E-state index in [9.17, 15) is 24.6 Å². The van der Waals surface area contributed by atoms with Crippen LogP contribution in [0, 0.1) is 34.5 Å². The molecule has 0 radical (unpaired) electrons. The van der Waals surface area contributed by atoms with Crippen molar-refractivity contribution >= 4 is 17.7 Å². The van der Waals surface area contributed by atoms with Crippen LogP contribution in [0.4, 0.5) is 0 Å². The first-order valence-corrected chi connectivity index (χ1v) is 11.5. The number of nitrogens with one attached hydrogen (secondary N) is 1. The summed E-state index contributed by atoms with van der Waals surface area (Å²) in [5, 5.41) is 24.8. The number of likely N-dealkylation sites (N-methyl/N-ethyl adjacent to an activating group) is 1. The molecule has 8 unspecified atom stereocenters. The summed E-state index contributed by atoms with van der Waals surface area (Å²) in [6.07, 6.45) is 1.55. The fourth-order valence-electron chi connectivity index (χ4n) is 6.87. The SMILES string of the molecule is CNCCOC(=O)/C=C1\CCC2C(C(O)C(=O)C3C2(C)CCC(O)C3(C)C(=O)OC)C1C. The van der Waals surface area contributed by atoms with Gasteiger partial charge in [-0.25, -0.2) is 4.79 Å². The minimum atomic E-state index is -1.40. The molecule has 0 spiro atoms. The van der Waals surface area contributed by atoms with Crippen molar-refractivity contribution in [3.05, 3.63) is 11.6 Å². The van der Waals surface area contributed by atoms with Gasteiger partial charge in [-0.15, -0.1) is 0 Å². The second-order valence-electron chi connectivity index (χ2n) is 10.1. The number of methoxy groups -OCH3 is 1. The van der Waals surface area contributed by atoms with Crippen LogP contribution < -0.4 is 5.32 Å². The first-order chi connectivity index (χ1) is 15.0. The van der Waals surface area contributed by atoms with Crippen LogP contribution in [-0.2, 0) is 23.9 Å². The first-order valence-electron chi connectivity index (χ1n) is 11.5. The molecule has 0 aromatic carbocycles. The summed E-state index contributed by atoms with van der Waals surface area (Å²) >= 11 is 0. The monoisotopic (exact) mass is 451 g/mol. The Morgan fingerprint density at radius 3 is 2.56 bits per heavy atom. The number of rotatable bonds is 5. The van der Waals surface area contributed by atoms with Crippen molar-refractivity contribution in [2.75, 3.05) is 27.3 Å². The van der Waals surface area contributed by atoms with E-state index in [2.05, 4.69) is 5.32 Å². The fourth-order valence-corrected chi connectivity index (χ4v) is 6.87. The zero-order chi connectivity index (χ0) is 23.8. The molecular weight excluding hydrogens is 414 g/mol. The molecule has 8 heteroatoms. The van der Waals surface area contributed by atoms with E-state index in [4.69, 9.17) is 9.47 Å². The highest BCUT2D eigenvalue weighted by atomic mass is 16.5. The Morgan fingerprint density at radius 2 is 1.94 bits per heavy atom. The number of hydrogen-bond donors (Lipinski definition) is 3. The van der Waals surface area contributed by atoms with E-state index in [0.29, 0.717) is 32.2 Å². The quantitative estimate of drug-likeness (QED) is 0.324. The third-order valence-electron chi connectivity index (χ3n) is 8.59. The summed E-state index contributed by atoms with van der Waals surface area (Å²) in [6, 6.07) is 0. The molecule has 3 rings (SSSR count). The van der Waals surface area contributed by atoms with Gasteiger partial charge in [0.25, 0.3) is 0 Å². The van der Waals surface area contributed by atoms with Gasteiger partial charge >= 0.3 is 11.9 Å². The van der Waals surface area contributed by atoms with Crippen molar-refractivity contribution in [2.45, 2.75) is 58.7 Å². The Balaban J connectivity index is 1.93. The Bertz CT molecular complexity index is 795. The topological polar surface area (TPSA) is 122 Å². The van der Waals surface area contributed by atoms with Crippen LogP contribution in [0.15, 0.2) is 11.6 Å². The van der Waals surface area contributed by atoms with E-state index in [1.54, 1.807) is 14.0 Å². The Hall–Kier alpha value is -1.77. The van der Waals surface area contributed by atoms with E-state index in [0.717, 1.165) is 5.57 Å². The van der Waals surface area contributed by atoms with Crippen molar-refractivity contribution in [2.24, 2.45) is 34.5 Å². The van der Waals surface area contributed by atoms with E-state index in [1.165, 1.54) is 13.2 Å². The van der Waals surface area contributed by atoms with Gasteiger partial charge in [0.2, 0.25) is 0 Å². The zero-order valence-corrected chi connectivity index (χ0v) is 19.7. The molecule has 32 heavy (non-hydrogen) atoms. The molecule has 0 aromatic heterocycles. The predicted molar refractivity (Wildman–Crippen MR) is 116 cm³/mol. The molecule has 3 saturated carbocycles. The third-order valence-corrected chi connectivity index (χ3v) is 8.59. The van der Waals surface area contributed by atoms with Crippen LogP contribution in [0.2, 0.25) is 0 Å². The summed E-state index contributed by atoms with van der Waals surface area (Å²) in [7, 11) is 3.04. The molecule has 8 atom stereocenters. The van der Waals surface area contributed by atoms with Gasteiger partial charge in [-0.2, -0.15) is 0 Å². The largest absolute Gasteiger partial charge is 0.469 e. The average Bonchev–Trinajstić information content (AvgIpc) is 2.76. The third kappa shape index (κ3) is 3.80. The maximum absolute atomic E-state index is 13.6. The predicted octanol–water partition coefficient (Wildman–Crippen LogP) is 1.24. The van der Waals surface area contributed by atoms with E-state index >= 15 is 0 Å². The summed E-state index contributed by atoms with van der Waals surface area (Å²) in [5.41, 5.74) is -1.08. The minimum absolute atomic E-state index is 0.0239. The number of hydrogen-bond acceptors (Lipinski definition) is 8. The fraction of sp³-hybridized carbons (Fsp3) is 0.792. The molecule has 0 aromatic rings. The van der Waals surface area contributed by atoms with Crippen LogP contribution in [-0.4, -0.2) is 67.5 Å². The highest BCUT2D eigenvalue weighted by molar-refractivity contribution is 5.94. The lowest BCUT2D eigenvalue weighted by atomic mass is 9.41. The lowest BCUT2D eigenvalue weighted by Crippen LogP contribution is -2.68. The van der Waals surface area contributed by atoms with Gasteiger partial charge in [-0.3, -0.25) is 9.59 Å². The number of Topliss-reactive ketones (excluding diaryl/α,β-unsaturated/α-hetero) is 1. The van der Waals surface area contributed by atoms with Gasteiger partial charge in [0.1, 0.15) is 18.1 Å². The van der Waals surface area contributed by atoms with Crippen molar-refractivity contribution < 1.29 is 34.1 Å². The normalized spacial score (nSPS) is 42.7. The minimum Gasteiger partial charge on any atom is -0.469 e. The molecule has 3 aliphatic rings. The smallest absolute Gasteiger partial charge is 0.330 e. The van der Waals surface area contributed by atoms with E-state index < -0.39 is 46.7 Å². The van der Waals surface area contributed by atoms with Gasteiger partial charge in [-0.05, 0) is 56.9 Å². The molecule has 0 bridgehead atoms. The summed E-state index contributed by atoms with van der Waals surface area (Å²) in [5.74, 6) is -2.83. The molecule has 0 saturated heterocycles. The molecule has 0 aliphatic heterocycles. The van der Waals surface area contributed by atoms with Gasteiger partial charge < -0.3 is 25.0 Å². The summed E-state index contributed by atoms with van der Waals surface area (Å²) in [6.45, 7) is 6.39. The molecule has 180 valence electrons. The van der Waals surface area contributed by atoms with Gasteiger partial charge in [0, 0.05) is 24.5 Å². The molecule has 8 nitrogen and oxygen atoms in total. The average molecular weight is 452 g/mol. The van der Waals surface area contributed by atoms with Crippen LogP contribution in [0.25, 0.3) is 0 Å². The highest BCUT2D eigenvalue weighted by Gasteiger charge is 2.68. The van der Waals surface area contributed by atoms with E-state index in [1.807, 2.05) is 13.8 Å². The number of carbonyl (C=O) groups is 3. The van der Waals surface area contributed by atoms with Crippen molar-refractivity contribution in [3.8, 4) is 0 Å². The molecule has 0 heterocycles. The van der Waals surface area contributed by atoms with Crippen LogP contribution >= 0.6 is 0 Å². The van der Waals surface area contributed by atoms with Crippen molar-refractivity contribution in [3.63, 3.8) is 0 Å². The van der Waals surface area contributed by atoms with Crippen molar-refractivity contribution in [1.29, 1.82) is 0 Å². The van der Waals surface area contributed by atoms with Crippen LogP contribution in [0.5, 0.6) is 0 Å². The van der Waals surface area contributed by atoms with Gasteiger partial charge in [-0.1, -0.05) is 19.4 Å². The Labute approximate surface area is 189 Å². The number of ketones is 1. The van der Waals surface area contributed by atoms with Crippen LogP contribution in [0.3, 0.4) is 0 Å². The standard InChI is InChI=1S/C24H37NO7/c1-13-14(12-17(27)32-11-10-25-4)6-7-15-18(13)19(28)20(29)21-23(15,2)9-8-16(26)24(21,3)22(30)31-5/h12-13,15-16,18-19,21,25-26,28H,6-11H2,1-5H3/b14-12+. The lowest BCUT2D eigenvalue weighted by molar-refractivity contribution is -0.209. The molecular formula is C24H37NO7. The first kappa shape index (κ1) is 24.9. The number of carbonyl (C=O) groups excluding carboxylic acids is 3. The molecule has 3 fully saturated rings. The number of allylic oxidation sites excluding steroid dienone is 1. The number of aliphatic hydroxyl groups excluding tert-OH is 2. The highest BCUT2D eigenvalue weighted by Crippen LogP contribution is 2.64. The number of aliphatic hydroxyl groups is 2. The Morgan fingerprint density at radius 1 is 1.25 bits per heavy atom. The Kier molecular flexibility index (Phi) is 7.17. The molecule has 3 N–H and O–H groups in total. The maximum Gasteiger partial charge on any atom is 0.330 e. The maximum atomic E-state index is 13.6. The van der Waals surface area contributed by atoms with Crippen LogP contribution in [0.1, 0.15) is 46.5 Å². The van der Waals surface area contributed by atoms with Gasteiger partial charge in [0.05, 0.1) is 13.2 Å². The van der Waals surface area contributed by atoms with E-state index in [-0.39, 0.29) is 24.4 Å². The van der Waals surface area contributed by atoms with Gasteiger partial charge in [0.15, 0.2) is 5.78 Å². The summed E-state index contributed by atoms with van der Waals surface area (Å²) in [4.78, 5) is 38.6. The number of ether oxygens (including phenoxy) is 2. The number of esters is 2.